The van der Waals surface area contributed by atoms with Gasteiger partial charge in [0.15, 0.2) is 6.61 Å². The molecular weight excluding hydrogens is 254 g/mol. The second-order valence-corrected chi connectivity index (χ2v) is 4.31. The van der Waals surface area contributed by atoms with Crippen LogP contribution in [-0.2, 0) is 16.0 Å². The summed E-state index contributed by atoms with van der Waals surface area (Å²) in [5.41, 5.74) is 7.35. The molecule has 0 spiro atoms. The molecule has 0 aliphatic heterocycles. The Kier molecular flexibility index (Phi) is 5.00. The summed E-state index contributed by atoms with van der Waals surface area (Å²) in [6.07, 6.45) is 0.703. The highest BCUT2D eigenvalue weighted by Crippen LogP contribution is 2.12. The largest absolute Gasteiger partial charge is 0.482 e. The summed E-state index contributed by atoms with van der Waals surface area (Å²) < 4.78 is 10.4. The molecule has 0 aliphatic carbocycles. The molecule has 0 aromatic heterocycles. The van der Waals surface area contributed by atoms with Crippen molar-refractivity contribution in [2.24, 2.45) is 0 Å². The number of benzene rings is 2. The van der Waals surface area contributed by atoms with Gasteiger partial charge < -0.3 is 15.2 Å². The average Bonchev–Trinajstić information content (AvgIpc) is 2.48. The van der Waals surface area contributed by atoms with Crippen LogP contribution in [0.2, 0.25) is 0 Å². The van der Waals surface area contributed by atoms with Crippen molar-refractivity contribution in [2.45, 2.75) is 6.42 Å². The van der Waals surface area contributed by atoms with Crippen LogP contribution in [0.4, 0.5) is 5.69 Å². The molecule has 2 aromatic carbocycles. The molecule has 2 aromatic rings. The van der Waals surface area contributed by atoms with E-state index in [2.05, 4.69) is 0 Å². The number of ether oxygens (including phenoxy) is 2. The van der Waals surface area contributed by atoms with E-state index in [4.69, 9.17) is 15.2 Å². The molecule has 0 aliphatic rings. The van der Waals surface area contributed by atoms with E-state index in [1.54, 1.807) is 24.3 Å². The maximum atomic E-state index is 11.5. The van der Waals surface area contributed by atoms with E-state index < -0.39 is 0 Å². The Morgan fingerprint density at radius 1 is 1.00 bits per heavy atom. The molecule has 104 valence electrons. The quantitative estimate of drug-likeness (QED) is 0.647. The summed E-state index contributed by atoms with van der Waals surface area (Å²) in [6.45, 7) is 0.257. The fraction of sp³-hybridized carbons (Fsp3) is 0.188. The number of carbonyl (C=O) groups is 1. The molecule has 2 rings (SSSR count). The average molecular weight is 271 g/mol. The van der Waals surface area contributed by atoms with Crippen molar-refractivity contribution < 1.29 is 14.3 Å². The minimum absolute atomic E-state index is 0.0985. The first-order valence-electron chi connectivity index (χ1n) is 6.42. The Labute approximate surface area is 118 Å². The van der Waals surface area contributed by atoms with E-state index in [0.29, 0.717) is 24.5 Å². The number of anilines is 1. The van der Waals surface area contributed by atoms with Crippen LogP contribution >= 0.6 is 0 Å². The number of hydrogen-bond acceptors (Lipinski definition) is 4. The first-order valence-corrected chi connectivity index (χ1v) is 6.42. The Morgan fingerprint density at radius 2 is 1.70 bits per heavy atom. The third-order valence-electron chi connectivity index (χ3n) is 2.73. The molecule has 0 saturated heterocycles. The number of nitrogens with two attached hydrogens (primary N) is 1. The Bertz CT molecular complexity index is 537. The van der Waals surface area contributed by atoms with Gasteiger partial charge in [0.1, 0.15) is 5.75 Å². The van der Waals surface area contributed by atoms with E-state index in [0.717, 1.165) is 5.56 Å². The van der Waals surface area contributed by atoms with E-state index in [-0.39, 0.29) is 12.6 Å². The van der Waals surface area contributed by atoms with Crippen LogP contribution in [0.3, 0.4) is 0 Å². The van der Waals surface area contributed by atoms with Gasteiger partial charge in [0.2, 0.25) is 0 Å². The number of rotatable bonds is 6. The highest BCUT2D eigenvalue weighted by atomic mass is 16.6. The van der Waals surface area contributed by atoms with Crippen molar-refractivity contribution >= 4 is 11.7 Å². The number of esters is 1. The van der Waals surface area contributed by atoms with Crippen molar-refractivity contribution in [1.29, 1.82) is 0 Å². The van der Waals surface area contributed by atoms with Gasteiger partial charge in [-0.1, -0.05) is 30.3 Å². The lowest BCUT2D eigenvalue weighted by atomic mass is 10.2. The highest BCUT2D eigenvalue weighted by Gasteiger charge is 2.04. The van der Waals surface area contributed by atoms with Crippen molar-refractivity contribution in [3.05, 3.63) is 60.2 Å². The summed E-state index contributed by atoms with van der Waals surface area (Å²) in [7, 11) is 0. The maximum absolute atomic E-state index is 11.5. The van der Waals surface area contributed by atoms with Gasteiger partial charge in [-0.25, -0.2) is 4.79 Å². The topological polar surface area (TPSA) is 61.5 Å². The first-order chi connectivity index (χ1) is 9.74. The van der Waals surface area contributed by atoms with Crippen LogP contribution in [-0.4, -0.2) is 19.2 Å². The van der Waals surface area contributed by atoms with Gasteiger partial charge in [0.25, 0.3) is 0 Å². The summed E-state index contributed by atoms with van der Waals surface area (Å²) in [6, 6.07) is 16.7. The molecule has 4 nitrogen and oxygen atoms in total. The van der Waals surface area contributed by atoms with Gasteiger partial charge in [-0.2, -0.15) is 0 Å². The van der Waals surface area contributed by atoms with Gasteiger partial charge in [-0.3, -0.25) is 0 Å². The fourth-order valence-electron chi connectivity index (χ4n) is 1.68. The number of hydrogen-bond donors (Lipinski definition) is 1. The molecule has 4 heteroatoms. The van der Waals surface area contributed by atoms with Crippen molar-refractivity contribution in [3.8, 4) is 5.75 Å². The van der Waals surface area contributed by atoms with Gasteiger partial charge in [-0.15, -0.1) is 0 Å². The predicted octanol–water partition coefficient (Wildman–Crippen LogP) is 2.43. The second-order valence-electron chi connectivity index (χ2n) is 4.31. The monoisotopic (exact) mass is 271 g/mol. The third-order valence-corrected chi connectivity index (χ3v) is 2.73. The zero-order valence-corrected chi connectivity index (χ0v) is 11.1. The molecule has 0 atom stereocenters. The normalized spacial score (nSPS) is 10.0. The molecule has 0 heterocycles. The smallest absolute Gasteiger partial charge is 0.344 e. The molecular formula is C16H17NO3. The fourth-order valence-corrected chi connectivity index (χ4v) is 1.68. The summed E-state index contributed by atoms with van der Waals surface area (Å²) in [4.78, 5) is 11.5. The SMILES string of the molecule is Nc1ccc(OCC(=O)OCCc2ccccc2)cc1. The minimum Gasteiger partial charge on any atom is -0.482 e. The zero-order valence-electron chi connectivity index (χ0n) is 11.1. The highest BCUT2D eigenvalue weighted by molar-refractivity contribution is 5.71. The lowest BCUT2D eigenvalue weighted by Crippen LogP contribution is -2.16. The van der Waals surface area contributed by atoms with Crippen LogP contribution in [0, 0.1) is 0 Å². The summed E-state index contributed by atoms with van der Waals surface area (Å²) >= 11 is 0. The Balaban J connectivity index is 1.67. The molecule has 0 fully saturated rings. The van der Waals surface area contributed by atoms with E-state index in [1.807, 2.05) is 30.3 Å². The third kappa shape index (κ3) is 4.65. The van der Waals surface area contributed by atoms with Crippen LogP contribution in [0.5, 0.6) is 5.75 Å². The van der Waals surface area contributed by atoms with Gasteiger partial charge in [0, 0.05) is 12.1 Å². The molecule has 0 saturated carbocycles. The molecule has 0 unspecified atom stereocenters. The van der Waals surface area contributed by atoms with E-state index >= 15 is 0 Å². The van der Waals surface area contributed by atoms with Crippen LogP contribution in [0.25, 0.3) is 0 Å². The zero-order chi connectivity index (χ0) is 14.2. The predicted molar refractivity (Wildman–Crippen MR) is 77.5 cm³/mol. The summed E-state index contributed by atoms with van der Waals surface area (Å²) in [5, 5.41) is 0. The molecule has 0 amide bonds. The van der Waals surface area contributed by atoms with Gasteiger partial charge in [-0.05, 0) is 29.8 Å². The van der Waals surface area contributed by atoms with Crippen molar-refractivity contribution in [2.75, 3.05) is 18.9 Å². The van der Waals surface area contributed by atoms with Gasteiger partial charge in [0.05, 0.1) is 6.61 Å². The van der Waals surface area contributed by atoms with E-state index in [9.17, 15) is 4.79 Å². The molecule has 0 bridgehead atoms. The summed E-state index contributed by atoms with van der Waals surface area (Å²) in [5.74, 6) is 0.219. The van der Waals surface area contributed by atoms with Crippen LogP contribution in [0.1, 0.15) is 5.56 Å². The number of carbonyl (C=O) groups excluding carboxylic acids is 1. The molecule has 20 heavy (non-hydrogen) atoms. The minimum atomic E-state index is -0.377. The first kappa shape index (κ1) is 13.9. The van der Waals surface area contributed by atoms with Crippen molar-refractivity contribution in [1.82, 2.24) is 0 Å². The number of nitrogen functional groups attached to an aromatic ring is 1. The maximum Gasteiger partial charge on any atom is 0.344 e. The van der Waals surface area contributed by atoms with Gasteiger partial charge >= 0.3 is 5.97 Å². The van der Waals surface area contributed by atoms with Crippen molar-refractivity contribution in [3.63, 3.8) is 0 Å². The van der Waals surface area contributed by atoms with E-state index in [1.165, 1.54) is 0 Å². The Morgan fingerprint density at radius 3 is 2.40 bits per heavy atom. The lowest BCUT2D eigenvalue weighted by Gasteiger charge is -2.07. The molecule has 2 N–H and O–H groups in total. The van der Waals surface area contributed by atoms with Crippen LogP contribution < -0.4 is 10.5 Å². The second kappa shape index (κ2) is 7.19. The Hall–Kier alpha value is -2.49. The lowest BCUT2D eigenvalue weighted by molar-refractivity contribution is -0.145. The van der Waals surface area contributed by atoms with Crippen LogP contribution in [0.15, 0.2) is 54.6 Å². The standard InChI is InChI=1S/C16H17NO3/c17-14-6-8-15(9-7-14)20-12-16(18)19-11-10-13-4-2-1-3-5-13/h1-9H,10-12,17H2. The molecule has 0 radical (unpaired) electrons.